The molecule has 0 heterocycles. The Kier molecular flexibility index (Phi) is 54.1. The van der Waals surface area contributed by atoms with Gasteiger partial charge in [0.05, 0.1) is 33.8 Å². The number of ether oxygens (including phenoxy) is 1. The zero-order valence-electron chi connectivity index (χ0n) is 50.9. The molecule has 10 heteroatoms. The third-order valence-electron chi connectivity index (χ3n) is 13.2. The summed E-state index contributed by atoms with van der Waals surface area (Å²) in [7, 11) is 1.46. The van der Waals surface area contributed by atoms with Crippen molar-refractivity contribution in [3.05, 3.63) is 122 Å². The second-order valence-corrected chi connectivity index (χ2v) is 23.3. The van der Waals surface area contributed by atoms with E-state index in [1.165, 1.54) is 70.6 Å². The first-order valence-corrected chi connectivity index (χ1v) is 32.9. The summed E-state index contributed by atoms with van der Waals surface area (Å²) in [5.74, 6) is -0.544. The SMILES string of the molecule is CC/C=C\C/C=C\C/C=C\C/C=C\C/C=C\C/C=C\CCCCCCCCC(=O)OC(/C=C\CCCCCCCCCCCC)C(COP(=O)(O)OCC[N+](C)(C)C)NC(=O)CCCCCCCCC/C=C/C=C/C=C/CC. The van der Waals surface area contributed by atoms with Crippen LogP contribution < -0.4 is 5.32 Å². The molecule has 9 nitrogen and oxygen atoms in total. The molecule has 0 aliphatic heterocycles. The molecular formula is C68H118N2O7P+. The van der Waals surface area contributed by atoms with Gasteiger partial charge < -0.3 is 19.4 Å². The minimum Gasteiger partial charge on any atom is -0.456 e. The highest BCUT2D eigenvalue weighted by Crippen LogP contribution is 2.43. The van der Waals surface area contributed by atoms with E-state index in [0.29, 0.717) is 23.9 Å². The van der Waals surface area contributed by atoms with E-state index in [9.17, 15) is 19.0 Å². The van der Waals surface area contributed by atoms with Crippen LogP contribution in [0.2, 0.25) is 0 Å². The maximum atomic E-state index is 13.5. The molecule has 3 unspecified atom stereocenters. The summed E-state index contributed by atoms with van der Waals surface area (Å²) in [5, 5.41) is 3.04. The number of hydrogen-bond acceptors (Lipinski definition) is 6. The molecule has 2 N–H and O–H groups in total. The number of nitrogens with zero attached hydrogens (tertiary/aromatic N) is 1. The number of quaternary nitrogens is 1. The van der Waals surface area contributed by atoms with Crippen molar-refractivity contribution in [3.63, 3.8) is 0 Å². The summed E-state index contributed by atoms with van der Waals surface area (Å²) in [5.41, 5.74) is 0. The summed E-state index contributed by atoms with van der Waals surface area (Å²) in [4.78, 5) is 37.7. The molecule has 0 aliphatic carbocycles. The van der Waals surface area contributed by atoms with E-state index in [0.717, 1.165) is 135 Å². The van der Waals surface area contributed by atoms with Crippen LogP contribution in [0.3, 0.4) is 0 Å². The van der Waals surface area contributed by atoms with Crippen LogP contribution in [0, 0.1) is 0 Å². The van der Waals surface area contributed by atoms with Crippen molar-refractivity contribution in [1.29, 1.82) is 0 Å². The zero-order chi connectivity index (χ0) is 57.2. The van der Waals surface area contributed by atoms with Gasteiger partial charge in [-0.3, -0.25) is 18.6 Å². The summed E-state index contributed by atoms with van der Waals surface area (Å²) in [6.45, 7) is 6.73. The maximum absolute atomic E-state index is 13.5. The average Bonchev–Trinajstić information content (AvgIpc) is 3.40. The van der Waals surface area contributed by atoms with E-state index in [2.05, 4.69) is 135 Å². The Morgan fingerprint density at radius 2 is 0.885 bits per heavy atom. The number of hydrogen-bond donors (Lipinski definition) is 2. The number of phosphoric acid groups is 1. The van der Waals surface area contributed by atoms with Gasteiger partial charge in [-0.15, -0.1) is 0 Å². The van der Waals surface area contributed by atoms with Crippen molar-refractivity contribution in [1.82, 2.24) is 5.32 Å². The molecule has 0 radical (unpaired) electrons. The molecule has 0 spiro atoms. The monoisotopic (exact) mass is 1110 g/mol. The number of likely N-dealkylation sites (N-methyl/N-ethyl adjacent to an activating group) is 1. The number of carbonyl (C=O) groups is 2. The van der Waals surface area contributed by atoms with Crippen molar-refractivity contribution in [2.75, 3.05) is 40.9 Å². The molecule has 0 aromatic carbocycles. The van der Waals surface area contributed by atoms with Crippen LogP contribution in [-0.2, 0) is 27.9 Å². The van der Waals surface area contributed by atoms with Gasteiger partial charge in [-0.1, -0.05) is 252 Å². The highest BCUT2D eigenvalue weighted by molar-refractivity contribution is 7.47. The lowest BCUT2D eigenvalue weighted by Crippen LogP contribution is -2.47. The standard InChI is InChI=1S/C68H117N2O7P/c1-7-10-13-16-19-22-25-28-30-31-32-33-34-35-36-37-38-39-41-43-46-49-52-55-58-61-68(72)77-66(59-56-53-50-47-44-27-24-21-18-15-12-9-3)65(64-76-78(73,74)75-63-62-70(4,5)6)69-67(71)60-57-54-51-48-45-42-40-29-26-23-20-17-14-11-8-2/h10-11,13-14,17,19-20,22-23,26,28,30,32-33,35-36,38-39,56,59,65-66H,7-9,12,15-16,18,21,24-25,27,29,31,34,37,40-55,57-58,60-64H2,1-6H3,(H-,69,71,73,74)/p+1/b13-10-,14-11+,20-17+,22-19-,26-23+,30-28-,33-32-,36-35-,39-38-,59-56-. The van der Waals surface area contributed by atoms with Crippen LogP contribution in [0.25, 0.3) is 0 Å². The molecule has 3 atom stereocenters. The Balaban J connectivity index is 5.24. The topological polar surface area (TPSA) is 111 Å². The molecule has 78 heavy (non-hydrogen) atoms. The van der Waals surface area contributed by atoms with Crippen molar-refractivity contribution in [2.45, 2.75) is 258 Å². The number of phosphoric ester groups is 1. The van der Waals surface area contributed by atoms with E-state index >= 15 is 0 Å². The van der Waals surface area contributed by atoms with Crippen LogP contribution in [0.5, 0.6) is 0 Å². The number of amides is 1. The Labute approximate surface area is 480 Å². The third kappa shape index (κ3) is 57.1. The van der Waals surface area contributed by atoms with Crippen LogP contribution in [0.4, 0.5) is 0 Å². The molecule has 0 aliphatic rings. The first kappa shape index (κ1) is 74.4. The molecule has 0 rings (SSSR count). The summed E-state index contributed by atoms with van der Waals surface area (Å²) in [6, 6.07) is -0.869. The summed E-state index contributed by atoms with van der Waals surface area (Å²) < 4.78 is 30.7. The predicted molar refractivity (Wildman–Crippen MR) is 336 cm³/mol. The molecule has 0 fully saturated rings. The predicted octanol–water partition coefficient (Wildman–Crippen LogP) is 19.5. The lowest BCUT2D eigenvalue weighted by molar-refractivity contribution is -0.870. The fraction of sp³-hybridized carbons (Fsp3) is 0.676. The lowest BCUT2D eigenvalue weighted by atomic mass is 10.0. The van der Waals surface area contributed by atoms with Crippen molar-refractivity contribution < 1.29 is 37.3 Å². The molecule has 0 saturated heterocycles. The van der Waals surface area contributed by atoms with E-state index in [1.807, 2.05) is 33.3 Å². The van der Waals surface area contributed by atoms with Gasteiger partial charge in [-0.25, -0.2) is 4.57 Å². The lowest BCUT2D eigenvalue weighted by Gasteiger charge is -2.27. The van der Waals surface area contributed by atoms with Crippen LogP contribution in [-0.4, -0.2) is 74.3 Å². The molecule has 1 amide bonds. The first-order valence-electron chi connectivity index (χ1n) is 31.4. The highest BCUT2D eigenvalue weighted by Gasteiger charge is 2.30. The largest absolute Gasteiger partial charge is 0.472 e. The van der Waals surface area contributed by atoms with Crippen LogP contribution in [0.1, 0.15) is 245 Å². The van der Waals surface area contributed by atoms with Gasteiger partial charge in [-0.2, -0.15) is 0 Å². The number of allylic oxidation sites excluding steroid dienone is 19. The van der Waals surface area contributed by atoms with Gasteiger partial charge in [0.15, 0.2) is 0 Å². The third-order valence-corrected chi connectivity index (χ3v) is 14.2. The van der Waals surface area contributed by atoms with Crippen molar-refractivity contribution in [2.24, 2.45) is 0 Å². The normalized spacial score (nSPS) is 14.5. The van der Waals surface area contributed by atoms with Crippen LogP contribution >= 0.6 is 7.82 Å². The number of carbonyl (C=O) groups excluding carboxylic acids is 2. The Morgan fingerprint density at radius 1 is 0.474 bits per heavy atom. The van der Waals surface area contributed by atoms with Gasteiger partial charge in [0, 0.05) is 12.8 Å². The Bertz CT molecular complexity index is 1750. The van der Waals surface area contributed by atoms with Gasteiger partial charge in [-0.05, 0) is 102 Å². The van der Waals surface area contributed by atoms with Gasteiger partial charge >= 0.3 is 13.8 Å². The van der Waals surface area contributed by atoms with E-state index in [-0.39, 0.29) is 31.5 Å². The van der Waals surface area contributed by atoms with E-state index < -0.39 is 20.0 Å². The highest BCUT2D eigenvalue weighted by atomic mass is 31.2. The quantitative estimate of drug-likeness (QED) is 0.0156. The number of nitrogens with one attached hydrogen (secondary N) is 1. The molecule has 0 aromatic heterocycles. The maximum Gasteiger partial charge on any atom is 0.472 e. The zero-order valence-corrected chi connectivity index (χ0v) is 51.8. The second kappa shape index (κ2) is 56.7. The van der Waals surface area contributed by atoms with Gasteiger partial charge in [0.2, 0.25) is 5.91 Å². The Hall–Kier alpha value is -3.59. The fourth-order valence-corrected chi connectivity index (χ4v) is 9.15. The first-order chi connectivity index (χ1) is 37.9. The summed E-state index contributed by atoms with van der Waals surface area (Å²) in [6.07, 6.45) is 79.1. The van der Waals surface area contributed by atoms with Crippen molar-refractivity contribution in [3.8, 4) is 0 Å². The molecular weight excluding hydrogens is 988 g/mol. The van der Waals surface area contributed by atoms with Gasteiger partial charge in [0.1, 0.15) is 19.3 Å². The molecule has 0 bridgehead atoms. The molecule has 0 saturated carbocycles. The van der Waals surface area contributed by atoms with Crippen molar-refractivity contribution >= 4 is 19.7 Å². The molecule has 446 valence electrons. The minimum atomic E-state index is -4.46. The number of rotatable bonds is 55. The average molecular weight is 1110 g/mol. The van der Waals surface area contributed by atoms with Gasteiger partial charge in [0.25, 0.3) is 0 Å². The smallest absolute Gasteiger partial charge is 0.456 e. The minimum absolute atomic E-state index is 0.0286. The fourth-order valence-electron chi connectivity index (χ4n) is 8.41. The molecule has 0 aromatic rings. The Morgan fingerprint density at radius 3 is 1.37 bits per heavy atom. The number of esters is 1. The van der Waals surface area contributed by atoms with E-state index in [4.69, 9.17) is 13.8 Å². The summed E-state index contributed by atoms with van der Waals surface area (Å²) >= 11 is 0. The van der Waals surface area contributed by atoms with Crippen LogP contribution in [0.15, 0.2) is 122 Å². The van der Waals surface area contributed by atoms with E-state index in [1.54, 1.807) is 0 Å². The second-order valence-electron chi connectivity index (χ2n) is 21.9. The number of unbranched alkanes of at least 4 members (excludes halogenated alkanes) is 23.